The number of halogens is 5. The van der Waals surface area contributed by atoms with Crippen molar-refractivity contribution in [3.8, 4) is 11.1 Å². The maximum Gasteiger partial charge on any atom is 0.417 e. The van der Waals surface area contributed by atoms with Crippen molar-refractivity contribution in [1.29, 1.82) is 0 Å². The number of carbonyl (C=O) groups is 1. The van der Waals surface area contributed by atoms with Crippen LogP contribution >= 0.6 is 24.8 Å². The van der Waals surface area contributed by atoms with Crippen LogP contribution in [-0.4, -0.2) is 5.91 Å². The molecule has 1 amide bonds. The van der Waals surface area contributed by atoms with E-state index in [2.05, 4.69) is 0 Å². The van der Waals surface area contributed by atoms with Gasteiger partial charge in [-0.2, -0.15) is 13.2 Å². The van der Waals surface area contributed by atoms with Crippen LogP contribution in [0.25, 0.3) is 11.1 Å². The maximum absolute atomic E-state index is 13.7. The van der Waals surface area contributed by atoms with Crippen LogP contribution in [0.4, 0.5) is 13.2 Å². The third-order valence-corrected chi connectivity index (χ3v) is 3.87. The first-order chi connectivity index (χ1) is 10.4. The summed E-state index contributed by atoms with van der Waals surface area (Å²) in [5.74, 6) is -0.937. The van der Waals surface area contributed by atoms with Crippen LogP contribution in [0, 0.1) is 0 Å². The third kappa shape index (κ3) is 3.84. The van der Waals surface area contributed by atoms with E-state index in [4.69, 9.17) is 5.73 Å². The molecule has 1 aliphatic carbocycles. The van der Waals surface area contributed by atoms with E-state index in [1.807, 2.05) is 0 Å². The van der Waals surface area contributed by atoms with Crippen molar-refractivity contribution < 1.29 is 18.0 Å². The summed E-state index contributed by atoms with van der Waals surface area (Å²) in [6.07, 6.45) is -3.05. The number of benzene rings is 2. The highest BCUT2D eigenvalue weighted by Gasteiger charge is 2.41. The average molecular weight is 378 g/mol. The lowest BCUT2D eigenvalue weighted by atomic mass is 9.88. The Bertz CT molecular complexity index is 729. The van der Waals surface area contributed by atoms with Crippen molar-refractivity contribution in [1.82, 2.24) is 0 Å². The molecule has 0 heterocycles. The first-order valence-corrected chi connectivity index (χ1v) is 6.99. The van der Waals surface area contributed by atoms with Crippen molar-refractivity contribution in [3.63, 3.8) is 0 Å². The molecule has 2 aromatic rings. The Hall–Kier alpha value is -1.72. The van der Waals surface area contributed by atoms with E-state index in [1.54, 1.807) is 30.3 Å². The van der Waals surface area contributed by atoms with Crippen molar-refractivity contribution in [3.05, 3.63) is 59.2 Å². The van der Waals surface area contributed by atoms with Crippen molar-refractivity contribution in [2.75, 3.05) is 0 Å². The second kappa shape index (κ2) is 7.45. The number of primary amides is 1. The number of hydrogen-bond acceptors (Lipinski definition) is 1. The topological polar surface area (TPSA) is 43.1 Å². The first kappa shape index (κ1) is 20.3. The molecule has 0 atom stereocenters. The van der Waals surface area contributed by atoms with Gasteiger partial charge in [-0.3, -0.25) is 4.79 Å². The SMILES string of the molecule is Cl.Cl.NC(=O)c1ccc(C2CC2)c(C(F)(F)F)c1-c1ccccc1. The molecule has 0 spiro atoms. The molecule has 130 valence electrons. The second-order valence-corrected chi connectivity index (χ2v) is 5.45. The van der Waals surface area contributed by atoms with Crippen LogP contribution in [0.15, 0.2) is 42.5 Å². The minimum atomic E-state index is -4.53. The van der Waals surface area contributed by atoms with E-state index < -0.39 is 17.6 Å². The van der Waals surface area contributed by atoms with Gasteiger partial charge in [0.1, 0.15) is 0 Å². The van der Waals surface area contributed by atoms with Gasteiger partial charge in [0.2, 0.25) is 5.91 Å². The highest BCUT2D eigenvalue weighted by Crippen LogP contribution is 2.49. The third-order valence-electron chi connectivity index (χ3n) is 3.87. The number of hydrogen-bond donors (Lipinski definition) is 1. The molecule has 0 radical (unpaired) electrons. The Balaban J connectivity index is 0.00000144. The average Bonchev–Trinajstić information content (AvgIpc) is 3.30. The molecule has 1 aliphatic rings. The molecule has 0 unspecified atom stereocenters. The normalized spacial score (nSPS) is 13.6. The molecule has 0 saturated heterocycles. The Morgan fingerprint density at radius 2 is 1.58 bits per heavy atom. The van der Waals surface area contributed by atoms with Gasteiger partial charge in [-0.15, -0.1) is 24.8 Å². The van der Waals surface area contributed by atoms with Gasteiger partial charge in [0.25, 0.3) is 0 Å². The Kier molecular flexibility index (Phi) is 6.31. The van der Waals surface area contributed by atoms with Crippen LogP contribution in [0.3, 0.4) is 0 Å². The minimum Gasteiger partial charge on any atom is -0.366 e. The monoisotopic (exact) mass is 377 g/mol. The van der Waals surface area contributed by atoms with Gasteiger partial charge in [0, 0.05) is 11.1 Å². The van der Waals surface area contributed by atoms with Crippen LogP contribution in [0.1, 0.15) is 40.2 Å². The van der Waals surface area contributed by atoms with Crippen molar-refractivity contribution >= 4 is 30.7 Å². The van der Waals surface area contributed by atoms with Gasteiger partial charge >= 0.3 is 6.18 Å². The van der Waals surface area contributed by atoms with Crippen LogP contribution in [0.2, 0.25) is 0 Å². The fourth-order valence-electron chi connectivity index (χ4n) is 2.77. The summed E-state index contributed by atoms with van der Waals surface area (Å²) < 4.78 is 41.0. The quantitative estimate of drug-likeness (QED) is 0.785. The van der Waals surface area contributed by atoms with Gasteiger partial charge in [0.15, 0.2) is 0 Å². The lowest BCUT2D eigenvalue weighted by molar-refractivity contribution is -0.137. The molecule has 0 bridgehead atoms. The minimum absolute atomic E-state index is 0. The van der Waals surface area contributed by atoms with E-state index in [1.165, 1.54) is 12.1 Å². The van der Waals surface area contributed by atoms with Gasteiger partial charge in [-0.25, -0.2) is 0 Å². The lowest BCUT2D eigenvalue weighted by Gasteiger charge is -2.20. The van der Waals surface area contributed by atoms with Crippen LogP contribution < -0.4 is 5.73 Å². The van der Waals surface area contributed by atoms with Gasteiger partial charge in [-0.1, -0.05) is 36.4 Å². The number of alkyl halides is 3. The summed E-state index contributed by atoms with van der Waals surface area (Å²) >= 11 is 0. The zero-order valence-corrected chi connectivity index (χ0v) is 14.1. The number of amides is 1. The smallest absolute Gasteiger partial charge is 0.366 e. The number of rotatable bonds is 3. The highest BCUT2D eigenvalue weighted by atomic mass is 35.5. The summed E-state index contributed by atoms with van der Waals surface area (Å²) in [6, 6.07) is 10.9. The molecular weight excluding hydrogens is 362 g/mol. The van der Waals surface area contributed by atoms with Gasteiger partial charge < -0.3 is 5.73 Å². The predicted octanol–water partition coefficient (Wildman–Crippen LogP) is 5.19. The molecule has 7 heteroatoms. The zero-order valence-electron chi connectivity index (χ0n) is 12.5. The standard InChI is InChI=1S/C17H14F3NO.2ClH/c18-17(19,20)15-12(10-6-7-10)8-9-13(16(21)22)14(15)11-4-2-1-3-5-11;;/h1-5,8-10H,6-7H2,(H2,21,22);2*1H. The van der Waals surface area contributed by atoms with Crippen molar-refractivity contribution in [2.45, 2.75) is 24.9 Å². The highest BCUT2D eigenvalue weighted by molar-refractivity contribution is 6.01. The summed E-state index contributed by atoms with van der Waals surface area (Å²) in [5, 5.41) is 0. The van der Waals surface area contributed by atoms with E-state index in [0.29, 0.717) is 5.56 Å². The predicted molar refractivity (Wildman–Crippen MR) is 91.9 cm³/mol. The molecule has 3 rings (SSSR count). The number of carbonyl (C=O) groups excluding carboxylic acids is 1. The molecule has 2 nitrogen and oxygen atoms in total. The molecule has 0 aliphatic heterocycles. The van der Waals surface area contributed by atoms with Crippen molar-refractivity contribution in [2.24, 2.45) is 5.73 Å². The van der Waals surface area contributed by atoms with E-state index in [0.717, 1.165) is 12.8 Å². The molecule has 1 saturated carbocycles. The first-order valence-electron chi connectivity index (χ1n) is 6.99. The fraction of sp³-hybridized carbons (Fsp3) is 0.235. The van der Waals surface area contributed by atoms with Crippen LogP contribution in [0.5, 0.6) is 0 Å². The van der Waals surface area contributed by atoms with Gasteiger partial charge in [0.05, 0.1) is 5.56 Å². The zero-order chi connectivity index (χ0) is 15.9. The molecule has 2 N–H and O–H groups in total. The molecule has 0 aromatic heterocycles. The Morgan fingerprint density at radius 3 is 2.04 bits per heavy atom. The van der Waals surface area contributed by atoms with E-state index in [9.17, 15) is 18.0 Å². The molecule has 2 aromatic carbocycles. The van der Waals surface area contributed by atoms with E-state index >= 15 is 0 Å². The van der Waals surface area contributed by atoms with Crippen LogP contribution in [-0.2, 0) is 6.18 Å². The maximum atomic E-state index is 13.7. The summed E-state index contributed by atoms with van der Waals surface area (Å²) in [4.78, 5) is 11.6. The number of nitrogens with two attached hydrogens (primary N) is 1. The fourth-order valence-corrected chi connectivity index (χ4v) is 2.77. The summed E-state index contributed by atoms with van der Waals surface area (Å²) in [5.41, 5.74) is 4.99. The molecule has 1 fully saturated rings. The molecule has 24 heavy (non-hydrogen) atoms. The lowest BCUT2D eigenvalue weighted by Crippen LogP contribution is -2.18. The molecular formula is C17H16Cl2F3NO. The van der Waals surface area contributed by atoms with Gasteiger partial charge in [-0.05, 0) is 36.0 Å². The Labute approximate surface area is 150 Å². The largest absolute Gasteiger partial charge is 0.417 e. The second-order valence-electron chi connectivity index (χ2n) is 5.45. The summed E-state index contributed by atoms with van der Waals surface area (Å²) in [7, 11) is 0. The summed E-state index contributed by atoms with van der Waals surface area (Å²) in [6.45, 7) is 0. The van der Waals surface area contributed by atoms with E-state index in [-0.39, 0.29) is 47.4 Å². The Morgan fingerprint density at radius 1 is 1.00 bits per heavy atom.